The molecule has 5 N–H and O–H groups in total. The van der Waals surface area contributed by atoms with E-state index < -0.39 is 0 Å². The molecule has 0 aliphatic heterocycles. The smallest absolute Gasteiger partial charge is 0.185 e. The number of hydrogen-bond acceptors (Lipinski definition) is 3. The maximum Gasteiger partial charge on any atom is 0.185 e. The van der Waals surface area contributed by atoms with E-state index >= 15 is 0 Å². The molecule has 15 heavy (non-hydrogen) atoms. The normalized spacial score (nSPS) is 9.93. The van der Waals surface area contributed by atoms with Gasteiger partial charge in [0.2, 0.25) is 0 Å². The van der Waals surface area contributed by atoms with Crippen LogP contribution in [-0.4, -0.2) is 17.6 Å². The Hall–Kier alpha value is -0.880. The van der Waals surface area contributed by atoms with Crippen LogP contribution in [0.5, 0.6) is 5.75 Å². The molecule has 6 heteroatoms. The first-order chi connectivity index (χ1) is 7.11. The molecule has 0 fully saturated rings. The minimum Gasteiger partial charge on any atom is -0.508 e. The second-order valence-corrected chi connectivity index (χ2v) is 4.57. The Balaban J connectivity index is 2.68. The van der Waals surface area contributed by atoms with Crippen LogP contribution in [0.1, 0.15) is 5.56 Å². The van der Waals surface area contributed by atoms with Gasteiger partial charge in [0.1, 0.15) is 5.75 Å². The summed E-state index contributed by atoms with van der Waals surface area (Å²) in [5.41, 5.74) is 11.4. The lowest BCUT2D eigenvalue weighted by Gasteiger charge is -2.03. The summed E-state index contributed by atoms with van der Waals surface area (Å²) >= 11 is 3.26. The lowest BCUT2D eigenvalue weighted by Crippen LogP contribution is -2.23. The summed E-state index contributed by atoms with van der Waals surface area (Å²) in [7, 11) is 1.40. The third-order valence-corrected chi connectivity index (χ3v) is 3.27. The number of nitrogens with two attached hydrogens (primary N) is 2. The van der Waals surface area contributed by atoms with Crippen LogP contribution in [0.15, 0.2) is 28.1 Å². The Bertz CT molecular complexity index is 366. The zero-order chi connectivity index (χ0) is 11.3. The average molecular weight is 290 g/mol. The fourth-order valence-corrected chi connectivity index (χ4v) is 2.07. The first-order valence-corrected chi connectivity index (χ1v) is 6.94. The largest absolute Gasteiger partial charge is 0.508 e. The molecule has 0 unspecified atom stereocenters. The van der Waals surface area contributed by atoms with E-state index in [4.69, 9.17) is 11.5 Å². The number of aromatic hydroxyl groups is 1. The monoisotopic (exact) mass is 289 g/mol. The van der Waals surface area contributed by atoms with Crippen LogP contribution in [0.4, 0.5) is 0 Å². The molecule has 0 atom stereocenters. The van der Waals surface area contributed by atoms with E-state index in [1.165, 1.54) is 10.2 Å². The maximum absolute atomic E-state index is 9.41. The number of halogens is 1. The average Bonchev–Trinajstić information content (AvgIpc) is 2.16. The number of nitrogens with zero attached hydrogens (tertiary/aromatic N) is 1. The molecule has 0 spiro atoms. The van der Waals surface area contributed by atoms with Crippen molar-refractivity contribution >= 4 is 31.0 Å². The number of aliphatic imine (C=N–C) groups is 1. The SMILES string of the molecule is NC(N)=NCCc1cc(O)cc(SBr)c1. The number of hydrogen-bond donors (Lipinski definition) is 3. The molecule has 1 aromatic rings. The highest BCUT2D eigenvalue weighted by atomic mass is 79.9. The molecule has 0 saturated carbocycles. The lowest BCUT2D eigenvalue weighted by molar-refractivity contribution is 0.473. The molecular weight excluding hydrogens is 278 g/mol. The van der Waals surface area contributed by atoms with E-state index in [-0.39, 0.29) is 11.7 Å². The zero-order valence-electron chi connectivity index (χ0n) is 7.98. The molecule has 0 amide bonds. The summed E-state index contributed by atoms with van der Waals surface area (Å²) in [6, 6.07) is 5.36. The molecule has 1 aromatic carbocycles. The molecule has 1 rings (SSSR count). The Kier molecular flexibility index (Phi) is 4.77. The van der Waals surface area contributed by atoms with Gasteiger partial charge < -0.3 is 16.6 Å². The van der Waals surface area contributed by atoms with Crippen molar-refractivity contribution in [3.05, 3.63) is 23.8 Å². The van der Waals surface area contributed by atoms with E-state index in [2.05, 4.69) is 19.8 Å². The first-order valence-electron chi connectivity index (χ1n) is 4.28. The highest BCUT2D eigenvalue weighted by molar-refractivity contribution is 9.50. The molecule has 0 bridgehead atoms. The van der Waals surface area contributed by atoms with E-state index in [0.717, 1.165) is 10.5 Å². The second kappa shape index (κ2) is 5.87. The van der Waals surface area contributed by atoms with Crippen molar-refractivity contribution in [1.29, 1.82) is 0 Å². The van der Waals surface area contributed by atoms with Gasteiger partial charge in [0.15, 0.2) is 5.96 Å². The standard InChI is InChI=1S/C9H12BrN3OS/c10-15-8-4-6(3-7(14)5-8)1-2-13-9(11)12/h3-5,14H,1-2H2,(H4,11,12,13). The highest BCUT2D eigenvalue weighted by Gasteiger charge is 1.99. The number of guanidine groups is 1. The van der Waals surface area contributed by atoms with Crippen molar-refractivity contribution in [2.45, 2.75) is 11.3 Å². The summed E-state index contributed by atoms with van der Waals surface area (Å²) in [4.78, 5) is 4.83. The summed E-state index contributed by atoms with van der Waals surface area (Å²) in [6.07, 6.45) is 0.701. The molecule has 0 saturated heterocycles. The Labute approximate surface area is 100.0 Å². The van der Waals surface area contributed by atoms with Crippen molar-refractivity contribution in [2.75, 3.05) is 6.54 Å². The van der Waals surface area contributed by atoms with Crippen LogP contribution in [0, 0.1) is 0 Å². The Morgan fingerprint density at radius 2 is 2.13 bits per heavy atom. The predicted octanol–water partition coefficient (Wildman–Crippen LogP) is 1.61. The van der Waals surface area contributed by atoms with Gasteiger partial charge in [-0.15, -0.1) is 0 Å². The topological polar surface area (TPSA) is 84.6 Å². The Morgan fingerprint density at radius 3 is 2.73 bits per heavy atom. The van der Waals surface area contributed by atoms with E-state index in [9.17, 15) is 5.11 Å². The molecule has 4 nitrogen and oxygen atoms in total. The van der Waals surface area contributed by atoms with Gasteiger partial charge in [-0.05, 0) is 55.2 Å². The number of phenols is 1. The van der Waals surface area contributed by atoms with Gasteiger partial charge in [0.25, 0.3) is 0 Å². The Morgan fingerprint density at radius 1 is 1.40 bits per heavy atom. The van der Waals surface area contributed by atoms with Crippen LogP contribution < -0.4 is 11.5 Å². The lowest BCUT2D eigenvalue weighted by atomic mass is 10.1. The van der Waals surface area contributed by atoms with Crippen molar-refractivity contribution < 1.29 is 5.11 Å². The van der Waals surface area contributed by atoms with Crippen molar-refractivity contribution in [2.24, 2.45) is 16.5 Å². The van der Waals surface area contributed by atoms with Gasteiger partial charge in [-0.25, -0.2) is 0 Å². The van der Waals surface area contributed by atoms with Gasteiger partial charge >= 0.3 is 0 Å². The first kappa shape index (κ1) is 12.2. The summed E-state index contributed by atoms with van der Waals surface area (Å²) in [5, 5.41) is 9.41. The summed E-state index contributed by atoms with van der Waals surface area (Å²) < 4.78 is 0. The molecule has 0 aromatic heterocycles. The third kappa shape index (κ3) is 4.44. The van der Waals surface area contributed by atoms with Gasteiger partial charge in [-0.1, -0.05) is 0 Å². The quantitative estimate of drug-likeness (QED) is 0.581. The summed E-state index contributed by atoms with van der Waals surface area (Å²) in [5.74, 6) is 0.337. The molecule has 0 radical (unpaired) electrons. The number of benzene rings is 1. The van der Waals surface area contributed by atoms with Crippen LogP contribution in [-0.2, 0) is 6.42 Å². The van der Waals surface area contributed by atoms with E-state index in [1.807, 2.05) is 6.07 Å². The van der Waals surface area contributed by atoms with Gasteiger partial charge in [-0.2, -0.15) is 0 Å². The highest BCUT2D eigenvalue weighted by Crippen LogP contribution is 2.28. The third-order valence-electron chi connectivity index (χ3n) is 1.74. The fraction of sp³-hybridized carbons (Fsp3) is 0.222. The van der Waals surface area contributed by atoms with E-state index in [0.29, 0.717) is 13.0 Å². The predicted molar refractivity (Wildman–Crippen MR) is 67.3 cm³/mol. The minimum atomic E-state index is 0.0882. The minimum absolute atomic E-state index is 0.0882. The van der Waals surface area contributed by atoms with E-state index in [1.54, 1.807) is 12.1 Å². The molecule has 0 aliphatic carbocycles. The van der Waals surface area contributed by atoms with Crippen molar-refractivity contribution in [1.82, 2.24) is 0 Å². The zero-order valence-corrected chi connectivity index (χ0v) is 10.4. The molecule has 0 aliphatic rings. The van der Waals surface area contributed by atoms with Gasteiger partial charge in [-0.3, -0.25) is 4.99 Å². The van der Waals surface area contributed by atoms with Crippen molar-refractivity contribution in [3.63, 3.8) is 0 Å². The fourth-order valence-electron chi connectivity index (χ4n) is 1.15. The van der Waals surface area contributed by atoms with Crippen LogP contribution in [0.3, 0.4) is 0 Å². The van der Waals surface area contributed by atoms with Gasteiger partial charge in [0, 0.05) is 11.4 Å². The van der Waals surface area contributed by atoms with Crippen LogP contribution >= 0.6 is 25.0 Å². The van der Waals surface area contributed by atoms with Crippen LogP contribution in [0.2, 0.25) is 0 Å². The molecule has 0 heterocycles. The molecular formula is C9H12BrN3OS. The number of rotatable bonds is 4. The molecule has 82 valence electrons. The summed E-state index contributed by atoms with van der Waals surface area (Å²) in [6.45, 7) is 0.526. The van der Waals surface area contributed by atoms with Crippen molar-refractivity contribution in [3.8, 4) is 5.75 Å². The van der Waals surface area contributed by atoms with Crippen LogP contribution in [0.25, 0.3) is 0 Å². The number of phenolic OH excluding ortho intramolecular Hbond substituents is 1. The van der Waals surface area contributed by atoms with Gasteiger partial charge in [0.05, 0.1) is 0 Å². The second-order valence-electron chi connectivity index (χ2n) is 2.97. The maximum atomic E-state index is 9.41.